The standard InChI is InChI=1S/C9H8O4/c10-6(11)8-2-1-3-5(4(2)8)9(3,8)7(12)13/h2-5H,1H2,(H,10,11)(H,12,13). The van der Waals surface area contributed by atoms with E-state index < -0.39 is 22.8 Å². The van der Waals surface area contributed by atoms with Crippen LogP contribution in [0.25, 0.3) is 0 Å². The van der Waals surface area contributed by atoms with E-state index in [2.05, 4.69) is 0 Å². The molecule has 0 heterocycles. The molecule has 2 N–H and O–H groups in total. The molecule has 0 amide bonds. The van der Waals surface area contributed by atoms with Gasteiger partial charge in [0.15, 0.2) is 0 Å². The monoisotopic (exact) mass is 180 g/mol. The zero-order chi connectivity index (χ0) is 9.17. The first-order valence-electron chi connectivity index (χ1n) is 4.58. The van der Waals surface area contributed by atoms with E-state index in [9.17, 15) is 9.59 Å². The van der Waals surface area contributed by atoms with Crippen molar-refractivity contribution in [2.45, 2.75) is 6.42 Å². The minimum absolute atomic E-state index is 0.205. The molecule has 68 valence electrons. The first kappa shape index (κ1) is 6.40. The van der Waals surface area contributed by atoms with E-state index in [1.165, 1.54) is 0 Å². The smallest absolute Gasteiger partial charge is 0.311 e. The van der Waals surface area contributed by atoms with Gasteiger partial charge in [0.1, 0.15) is 0 Å². The third-order valence-corrected chi connectivity index (χ3v) is 5.16. The third-order valence-electron chi connectivity index (χ3n) is 5.16. The first-order chi connectivity index (χ1) is 6.11. The summed E-state index contributed by atoms with van der Waals surface area (Å²) in [7, 11) is 0. The van der Waals surface area contributed by atoms with Crippen molar-refractivity contribution in [1.29, 1.82) is 0 Å². The Morgan fingerprint density at radius 3 is 1.62 bits per heavy atom. The fourth-order valence-corrected chi connectivity index (χ4v) is 5.01. The van der Waals surface area contributed by atoms with Crippen molar-refractivity contribution in [1.82, 2.24) is 0 Å². The molecule has 6 unspecified atom stereocenters. The van der Waals surface area contributed by atoms with Crippen LogP contribution in [-0.4, -0.2) is 22.2 Å². The number of aliphatic carboxylic acids is 2. The molecule has 0 radical (unpaired) electrons. The van der Waals surface area contributed by atoms with Gasteiger partial charge in [-0.3, -0.25) is 9.59 Å². The van der Waals surface area contributed by atoms with Crippen LogP contribution >= 0.6 is 0 Å². The van der Waals surface area contributed by atoms with Gasteiger partial charge in [-0.2, -0.15) is 0 Å². The minimum atomic E-state index is -0.860. The van der Waals surface area contributed by atoms with Crippen LogP contribution in [-0.2, 0) is 9.59 Å². The molecule has 6 atom stereocenters. The molecule has 0 aliphatic heterocycles. The molecule has 0 aromatic carbocycles. The maximum Gasteiger partial charge on any atom is 0.311 e. The molecule has 4 heteroatoms. The lowest BCUT2D eigenvalue weighted by molar-refractivity contribution is -0.164. The molecule has 0 aromatic rings. The molecule has 2 bridgehead atoms. The lowest BCUT2D eigenvalue weighted by atomic mass is 9.72. The molecule has 5 fully saturated rings. The molecule has 4 nitrogen and oxygen atoms in total. The Morgan fingerprint density at radius 2 is 1.38 bits per heavy atom. The topological polar surface area (TPSA) is 74.6 Å². The second-order valence-electron chi connectivity index (χ2n) is 4.85. The Balaban J connectivity index is 1.93. The number of hydrogen-bond donors (Lipinski definition) is 2. The summed E-state index contributed by atoms with van der Waals surface area (Å²) in [6, 6.07) is 0. The molecule has 5 saturated carbocycles. The van der Waals surface area contributed by atoms with Gasteiger partial charge in [0.25, 0.3) is 0 Å². The van der Waals surface area contributed by atoms with Crippen molar-refractivity contribution < 1.29 is 19.8 Å². The Hall–Kier alpha value is -1.06. The highest BCUT2D eigenvalue weighted by Gasteiger charge is 3.09. The number of carboxylic acids is 2. The van der Waals surface area contributed by atoms with Crippen molar-refractivity contribution in [3.05, 3.63) is 0 Å². The molecule has 5 aliphatic rings. The summed E-state index contributed by atoms with van der Waals surface area (Å²) in [5, 5.41) is 18.2. The van der Waals surface area contributed by atoms with E-state index in [0.29, 0.717) is 0 Å². The van der Waals surface area contributed by atoms with E-state index in [1.807, 2.05) is 0 Å². The summed E-state index contributed by atoms with van der Waals surface area (Å²) in [6.45, 7) is 0. The number of rotatable bonds is 2. The quantitative estimate of drug-likeness (QED) is 0.629. The Morgan fingerprint density at radius 1 is 1.00 bits per heavy atom. The molecule has 0 aromatic heterocycles. The molecule has 0 spiro atoms. The number of hydrogen-bond acceptors (Lipinski definition) is 2. The largest absolute Gasteiger partial charge is 0.481 e. The van der Waals surface area contributed by atoms with E-state index >= 15 is 0 Å². The van der Waals surface area contributed by atoms with Gasteiger partial charge in [0.2, 0.25) is 0 Å². The maximum atomic E-state index is 11.1. The van der Waals surface area contributed by atoms with Crippen LogP contribution in [0.3, 0.4) is 0 Å². The Labute approximate surface area is 73.5 Å². The average Bonchev–Trinajstić information content (AvgIpc) is 2.61. The molecular formula is C9H8O4. The summed E-state index contributed by atoms with van der Waals surface area (Å²) in [4.78, 5) is 22.1. The van der Waals surface area contributed by atoms with Crippen molar-refractivity contribution in [3.8, 4) is 0 Å². The zero-order valence-electron chi connectivity index (χ0n) is 6.73. The average molecular weight is 180 g/mol. The predicted octanol–water partition coefficient (Wildman–Crippen LogP) is 0.0377. The van der Waals surface area contributed by atoms with Gasteiger partial charge in [-0.1, -0.05) is 0 Å². The van der Waals surface area contributed by atoms with Crippen LogP contribution in [0.15, 0.2) is 0 Å². The van der Waals surface area contributed by atoms with Gasteiger partial charge < -0.3 is 10.2 Å². The van der Waals surface area contributed by atoms with Crippen LogP contribution < -0.4 is 0 Å². The minimum Gasteiger partial charge on any atom is -0.481 e. The van der Waals surface area contributed by atoms with Crippen molar-refractivity contribution in [2.75, 3.05) is 0 Å². The van der Waals surface area contributed by atoms with E-state index in [0.717, 1.165) is 6.42 Å². The first-order valence-corrected chi connectivity index (χ1v) is 4.58. The molecule has 5 aliphatic carbocycles. The second-order valence-corrected chi connectivity index (χ2v) is 4.85. The van der Waals surface area contributed by atoms with Gasteiger partial charge in [-0.05, 0) is 30.1 Å². The SMILES string of the molecule is O=C(O)C12C3CC4C(C31)C42C(=O)O. The Kier molecular flexibility index (Phi) is 0.594. The van der Waals surface area contributed by atoms with E-state index in [-0.39, 0.29) is 23.7 Å². The predicted molar refractivity (Wildman–Crippen MR) is 38.7 cm³/mol. The lowest BCUT2D eigenvalue weighted by Gasteiger charge is -2.28. The number of carboxylic acid groups (broad SMARTS) is 2. The van der Waals surface area contributed by atoms with Crippen LogP contribution in [0, 0.1) is 34.5 Å². The Bertz CT molecular complexity index is 336. The maximum absolute atomic E-state index is 11.1. The van der Waals surface area contributed by atoms with Gasteiger partial charge in [0.05, 0.1) is 10.8 Å². The second kappa shape index (κ2) is 1.21. The van der Waals surface area contributed by atoms with Gasteiger partial charge in [-0.15, -0.1) is 0 Å². The van der Waals surface area contributed by atoms with Crippen molar-refractivity contribution in [2.24, 2.45) is 34.5 Å². The molecular weight excluding hydrogens is 172 g/mol. The fourth-order valence-electron chi connectivity index (χ4n) is 5.01. The van der Waals surface area contributed by atoms with E-state index in [4.69, 9.17) is 10.2 Å². The van der Waals surface area contributed by atoms with Gasteiger partial charge in [-0.25, -0.2) is 0 Å². The fraction of sp³-hybridized carbons (Fsp3) is 0.778. The normalized spacial score (nSPS) is 68.0. The summed E-state index contributed by atoms with van der Waals surface area (Å²) >= 11 is 0. The lowest BCUT2D eigenvalue weighted by Crippen LogP contribution is -2.43. The highest BCUT2D eigenvalue weighted by molar-refractivity contribution is 5.99. The summed E-state index contributed by atoms with van der Waals surface area (Å²) in [6.07, 6.45) is 0.855. The highest BCUT2D eigenvalue weighted by Crippen LogP contribution is 3.04. The van der Waals surface area contributed by atoms with Crippen LogP contribution in [0.2, 0.25) is 0 Å². The van der Waals surface area contributed by atoms with Crippen molar-refractivity contribution in [3.63, 3.8) is 0 Å². The van der Waals surface area contributed by atoms with Crippen LogP contribution in [0.4, 0.5) is 0 Å². The molecule has 13 heavy (non-hydrogen) atoms. The van der Waals surface area contributed by atoms with Crippen molar-refractivity contribution >= 4 is 11.9 Å². The highest BCUT2D eigenvalue weighted by atomic mass is 16.4. The van der Waals surface area contributed by atoms with Crippen LogP contribution in [0.5, 0.6) is 0 Å². The summed E-state index contributed by atoms with van der Waals surface area (Å²) < 4.78 is 0. The zero-order valence-corrected chi connectivity index (χ0v) is 6.73. The summed E-state index contributed by atoms with van der Waals surface area (Å²) in [5.41, 5.74) is -1.62. The third kappa shape index (κ3) is 0.279. The van der Waals surface area contributed by atoms with E-state index in [1.54, 1.807) is 0 Å². The van der Waals surface area contributed by atoms with Gasteiger partial charge in [0, 0.05) is 0 Å². The number of carbonyl (C=O) groups is 2. The van der Waals surface area contributed by atoms with Crippen LogP contribution in [0.1, 0.15) is 6.42 Å². The molecule has 0 saturated heterocycles. The summed E-state index contributed by atoms with van der Waals surface area (Å²) in [5.74, 6) is -0.855. The van der Waals surface area contributed by atoms with Gasteiger partial charge >= 0.3 is 11.9 Å². The molecule has 5 rings (SSSR count).